The summed E-state index contributed by atoms with van der Waals surface area (Å²) < 4.78 is 5.28. The fourth-order valence-corrected chi connectivity index (χ4v) is 3.26. The monoisotopic (exact) mass is 379 g/mol. The van der Waals surface area contributed by atoms with Crippen molar-refractivity contribution in [2.45, 2.75) is 0 Å². The number of benzene rings is 2. The molecule has 0 aliphatic heterocycles. The lowest BCUT2D eigenvalue weighted by Gasteiger charge is -2.03. The number of rotatable bonds is 4. The Morgan fingerprint density at radius 2 is 1.50 bits per heavy atom. The summed E-state index contributed by atoms with van der Waals surface area (Å²) in [5, 5.41) is 34.0. The maximum Gasteiger partial charge on any atom is 0.284 e. The summed E-state index contributed by atoms with van der Waals surface area (Å²) in [6, 6.07) is 9.32. The fourth-order valence-electron chi connectivity index (χ4n) is 3.26. The van der Waals surface area contributed by atoms with Gasteiger partial charge in [-0.1, -0.05) is 0 Å². The van der Waals surface area contributed by atoms with E-state index in [4.69, 9.17) is 4.42 Å². The molecule has 10 nitrogen and oxygen atoms in total. The Hall–Kier alpha value is -4.34. The van der Waals surface area contributed by atoms with Gasteiger partial charge in [0, 0.05) is 23.8 Å². The van der Waals surface area contributed by atoms with Crippen LogP contribution in [0.4, 0.5) is 17.1 Å². The summed E-state index contributed by atoms with van der Waals surface area (Å²) in [6.45, 7) is 0. The van der Waals surface area contributed by atoms with E-state index < -0.39 is 26.1 Å². The molecular weight excluding hydrogens is 370 g/mol. The van der Waals surface area contributed by atoms with Gasteiger partial charge < -0.3 is 4.42 Å². The molecule has 0 atom stereocenters. The second-order valence-corrected chi connectivity index (χ2v) is 5.96. The molecule has 1 aliphatic carbocycles. The smallest absolute Gasteiger partial charge is 0.284 e. The summed E-state index contributed by atoms with van der Waals surface area (Å²) in [4.78, 5) is 32.0. The van der Waals surface area contributed by atoms with Crippen molar-refractivity contribution in [3.8, 4) is 11.1 Å². The zero-order valence-corrected chi connectivity index (χ0v) is 13.9. The predicted octanol–water partition coefficient (Wildman–Crippen LogP) is 4.57. The van der Waals surface area contributed by atoms with Crippen LogP contribution in [0.25, 0.3) is 22.8 Å². The largest absolute Gasteiger partial charge is 0.465 e. The van der Waals surface area contributed by atoms with Crippen molar-refractivity contribution >= 4 is 28.7 Å². The first-order chi connectivity index (χ1) is 13.4. The maximum atomic E-state index is 11.6. The molecule has 0 unspecified atom stereocenters. The van der Waals surface area contributed by atoms with Gasteiger partial charge in [0.15, 0.2) is 0 Å². The first-order valence-electron chi connectivity index (χ1n) is 7.88. The highest BCUT2D eigenvalue weighted by Gasteiger charge is 2.34. The van der Waals surface area contributed by atoms with Crippen LogP contribution >= 0.6 is 0 Å². The molecular formula is C18H9N3O7. The van der Waals surface area contributed by atoms with Gasteiger partial charge in [-0.2, -0.15) is 0 Å². The lowest BCUT2D eigenvalue weighted by Crippen LogP contribution is -1.96. The SMILES string of the molecule is O=[N+]([O-])c1ccc2c(c1)/C(=C\c1ccco1)c1cc([N+](=O)[O-])cc([N+](=O)[O-])c1-2. The van der Waals surface area contributed by atoms with E-state index in [2.05, 4.69) is 0 Å². The zero-order chi connectivity index (χ0) is 20.0. The maximum absolute atomic E-state index is 11.6. The number of furan rings is 1. The van der Waals surface area contributed by atoms with Crippen LogP contribution in [-0.2, 0) is 0 Å². The molecule has 10 heteroatoms. The van der Waals surface area contributed by atoms with Gasteiger partial charge in [-0.05, 0) is 41.0 Å². The van der Waals surface area contributed by atoms with Crippen molar-refractivity contribution < 1.29 is 19.2 Å². The van der Waals surface area contributed by atoms with Crippen LogP contribution in [-0.4, -0.2) is 14.8 Å². The van der Waals surface area contributed by atoms with Crippen molar-refractivity contribution in [3.05, 3.63) is 96.0 Å². The number of nitro groups is 3. The lowest BCUT2D eigenvalue weighted by atomic mass is 10.0. The van der Waals surface area contributed by atoms with Gasteiger partial charge in [-0.15, -0.1) is 0 Å². The van der Waals surface area contributed by atoms with Crippen LogP contribution in [0, 0.1) is 30.3 Å². The number of nitrogens with zero attached hydrogens (tertiary/aromatic N) is 3. The van der Waals surface area contributed by atoms with Gasteiger partial charge in [0.1, 0.15) is 5.76 Å². The molecule has 1 heterocycles. The van der Waals surface area contributed by atoms with E-state index in [-0.39, 0.29) is 16.8 Å². The highest BCUT2D eigenvalue weighted by atomic mass is 16.6. The first-order valence-corrected chi connectivity index (χ1v) is 7.88. The van der Waals surface area contributed by atoms with Crippen LogP contribution in [0.5, 0.6) is 0 Å². The van der Waals surface area contributed by atoms with E-state index in [1.165, 1.54) is 30.5 Å². The topological polar surface area (TPSA) is 143 Å². The third-order valence-electron chi connectivity index (χ3n) is 4.40. The summed E-state index contributed by atoms with van der Waals surface area (Å²) in [7, 11) is 0. The zero-order valence-electron chi connectivity index (χ0n) is 13.9. The minimum Gasteiger partial charge on any atom is -0.465 e. The summed E-state index contributed by atoms with van der Waals surface area (Å²) in [5.41, 5.74) is 0.458. The molecule has 0 spiro atoms. The van der Waals surface area contributed by atoms with E-state index in [1.54, 1.807) is 18.2 Å². The van der Waals surface area contributed by atoms with Crippen LogP contribution in [0.15, 0.2) is 53.1 Å². The van der Waals surface area contributed by atoms with Crippen LogP contribution in [0.3, 0.4) is 0 Å². The van der Waals surface area contributed by atoms with Crippen molar-refractivity contribution in [3.63, 3.8) is 0 Å². The quantitative estimate of drug-likeness (QED) is 0.373. The van der Waals surface area contributed by atoms with E-state index in [1.807, 2.05) is 0 Å². The molecule has 3 aromatic rings. The number of nitro benzene ring substituents is 3. The second kappa shape index (κ2) is 6.13. The molecule has 0 bridgehead atoms. The van der Waals surface area contributed by atoms with E-state index in [0.29, 0.717) is 22.5 Å². The molecule has 0 saturated carbocycles. The average molecular weight is 379 g/mol. The summed E-state index contributed by atoms with van der Waals surface area (Å²) in [5.74, 6) is 0.398. The van der Waals surface area contributed by atoms with E-state index in [0.717, 1.165) is 6.07 Å². The minimum atomic E-state index is -0.719. The van der Waals surface area contributed by atoms with Crippen LogP contribution in [0.2, 0.25) is 0 Å². The number of fused-ring (bicyclic) bond motifs is 3. The van der Waals surface area contributed by atoms with Crippen molar-refractivity contribution in [2.75, 3.05) is 0 Å². The molecule has 0 N–H and O–H groups in total. The highest BCUT2D eigenvalue weighted by molar-refractivity contribution is 6.09. The predicted molar refractivity (Wildman–Crippen MR) is 97.5 cm³/mol. The Morgan fingerprint density at radius 1 is 0.786 bits per heavy atom. The number of hydrogen-bond acceptors (Lipinski definition) is 7. The van der Waals surface area contributed by atoms with Gasteiger partial charge in [-0.25, -0.2) is 0 Å². The Bertz CT molecular complexity index is 1200. The Labute approximate surface area is 155 Å². The van der Waals surface area contributed by atoms with E-state index in [9.17, 15) is 30.3 Å². The average Bonchev–Trinajstić information content (AvgIpc) is 3.27. The van der Waals surface area contributed by atoms with E-state index >= 15 is 0 Å². The molecule has 4 rings (SSSR count). The third kappa shape index (κ3) is 2.60. The van der Waals surface area contributed by atoms with Crippen molar-refractivity contribution in [1.29, 1.82) is 0 Å². The van der Waals surface area contributed by atoms with Crippen LogP contribution < -0.4 is 0 Å². The molecule has 1 aliphatic rings. The van der Waals surface area contributed by atoms with Crippen molar-refractivity contribution in [2.24, 2.45) is 0 Å². The molecule has 0 saturated heterocycles. The van der Waals surface area contributed by atoms with Gasteiger partial charge >= 0.3 is 0 Å². The van der Waals surface area contributed by atoms with Gasteiger partial charge in [0.05, 0.1) is 32.7 Å². The molecule has 2 aromatic carbocycles. The molecule has 28 heavy (non-hydrogen) atoms. The molecule has 0 amide bonds. The third-order valence-corrected chi connectivity index (χ3v) is 4.40. The van der Waals surface area contributed by atoms with Gasteiger partial charge in [0.2, 0.25) is 0 Å². The molecule has 0 radical (unpaired) electrons. The fraction of sp³-hybridized carbons (Fsp3) is 0. The normalized spacial score (nSPS) is 13.2. The molecule has 0 fully saturated rings. The summed E-state index contributed by atoms with van der Waals surface area (Å²) >= 11 is 0. The van der Waals surface area contributed by atoms with Crippen LogP contribution in [0.1, 0.15) is 16.9 Å². The van der Waals surface area contributed by atoms with Gasteiger partial charge in [-0.3, -0.25) is 30.3 Å². The van der Waals surface area contributed by atoms with Crippen molar-refractivity contribution in [1.82, 2.24) is 0 Å². The second-order valence-electron chi connectivity index (χ2n) is 5.96. The Kier molecular flexibility index (Phi) is 3.74. The minimum absolute atomic E-state index is 0.179. The Balaban J connectivity index is 2.09. The lowest BCUT2D eigenvalue weighted by molar-refractivity contribution is -0.393. The van der Waals surface area contributed by atoms with Gasteiger partial charge in [0.25, 0.3) is 17.1 Å². The number of non-ortho nitro benzene ring substituents is 2. The Morgan fingerprint density at radius 3 is 2.11 bits per heavy atom. The highest BCUT2D eigenvalue weighted by Crippen LogP contribution is 2.51. The molecule has 1 aromatic heterocycles. The number of hydrogen-bond donors (Lipinski definition) is 0. The first kappa shape index (κ1) is 17.1. The molecule has 138 valence electrons. The summed E-state index contributed by atoms with van der Waals surface area (Å²) in [6.07, 6.45) is 2.97. The standard InChI is InChI=1S/C18H9N3O7/c22-19(23)10-3-4-13-14(6-10)15(9-12-2-1-5-28-12)16-7-11(20(24)25)8-17(18(13)16)21(26)27/h1-9H/b15-9+.